The van der Waals surface area contributed by atoms with Gasteiger partial charge in [0.15, 0.2) is 11.5 Å². The molecular formula is C22H27ClN2O3. The summed E-state index contributed by atoms with van der Waals surface area (Å²) < 4.78 is 10.9. The van der Waals surface area contributed by atoms with Crippen molar-refractivity contribution in [3.8, 4) is 11.5 Å². The monoisotopic (exact) mass is 402 g/mol. The van der Waals surface area contributed by atoms with Crippen LogP contribution in [0.1, 0.15) is 24.1 Å². The Balaban J connectivity index is 2.14. The van der Waals surface area contributed by atoms with Gasteiger partial charge < -0.3 is 19.7 Å². The smallest absolute Gasteiger partial charge is 0.244 e. The highest BCUT2D eigenvalue weighted by Gasteiger charge is 2.14. The SMILES string of the molecule is CCOc1c(Cl)cc(/C=C/C(=O)N[C@@H](CN(C)C)c2ccccc2)cc1OC. The summed E-state index contributed by atoms with van der Waals surface area (Å²) >= 11 is 6.28. The minimum absolute atomic E-state index is 0.105. The minimum atomic E-state index is -0.181. The molecule has 2 rings (SSSR count). The molecule has 0 bridgehead atoms. The molecule has 1 atom stereocenters. The van der Waals surface area contributed by atoms with Crippen molar-refractivity contribution in [3.05, 3.63) is 64.7 Å². The zero-order valence-corrected chi connectivity index (χ0v) is 17.5. The number of ether oxygens (including phenoxy) is 2. The molecule has 0 saturated heterocycles. The fraction of sp³-hybridized carbons (Fsp3) is 0.318. The highest BCUT2D eigenvalue weighted by molar-refractivity contribution is 6.32. The number of carbonyl (C=O) groups excluding carboxylic acids is 1. The van der Waals surface area contributed by atoms with Crippen LogP contribution in [0.4, 0.5) is 0 Å². The van der Waals surface area contributed by atoms with Gasteiger partial charge in [-0.3, -0.25) is 4.79 Å². The van der Waals surface area contributed by atoms with Crippen molar-refractivity contribution in [1.82, 2.24) is 10.2 Å². The van der Waals surface area contributed by atoms with Crippen LogP contribution in [0.15, 0.2) is 48.5 Å². The van der Waals surface area contributed by atoms with Crippen molar-refractivity contribution in [1.29, 1.82) is 0 Å². The van der Waals surface area contributed by atoms with E-state index in [4.69, 9.17) is 21.1 Å². The number of nitrogens with zero attached hydrogens (tertiary/aromatic N) is 1. The summed E-state index contributed by atoms with van der Waals surface area (Å²) in [6.45, 7) is 3.07. The van der Waals surface area contributed by atoms with E-state index in [9.17, 15) is 4.79 Å². The van der Waals surface area contributed by atoms with Crippen LogP contribution in [-0.2, 0) is 4.79 Å². The van der Waals surface area contributed by atoms with Crippen molar-refractivity contribution in [2.24, 2.45) is 0 Å². The normalized spacial score (nSPS) is 12.2. The van der Waals surface area contributed by atoms with Crippen LogP contribution < -0.4 is 14.8 Å². The summed E-state index contributed by atoms with van der Waals surface area (Å²) in [7, 11) is 5.51. The Morgan fingerprint density at radius 3 is 2.57 bits per heavy atom. The molecule has 28 heavy (non-hydrogen) atoms. The van der Waals surface area contributed by atoms with Crippen molar-refractivity contribution < 1.29 is 14.3 Å². The van der Waals surface area contributed by atoms with E-state index in [0.29, 0.717) is 29.7 Å². The van der Waals surface area contributed by atoms with E-state index in [1.165, 1.54) is 6.08 Å². The minimum Gasteiger partial charge on any atom is -0.493 e. The summed E-state index contributed by atoms with van der Waals surface area (Å²) in [5.41, 5.74) is 1.81. The third-order valence-electron chi connectivity index (χ3n) is 4.03. The zero-order chi connectivity index (χ0) is 20.5. The lowest BCUT2D eigenvalue weighted by molar-refractivity contribution is -0.117. The Morgan fingerprint density at radius 2 is 1.96 bits per heavy atom. The molecule has 150 valence electrons. The number of nitrogens with one attached hydrogen (secondary N) is 1. The van der Waals surface area contributed by atoms with Crippen molar-refractivity contribution in [2.45, 2.75) is 13.0 Å². The number of benzene rings is 2. The molecule has 0 radical (unpaired) electrons. The lowest BCUT2D eigenvalue weighted by Gasteiger charge is -2.22. The van der Waals surface area contributed by atoms with Gasteiger partial charge in [0.05, 0.1) is 24.8 Å². The lowest BCUT2D eigenvalue weighted by Crippen LogP contribution is -2.34. The van der Waals surface area contributed by atoms with Gasteiger partial charge in [0.1, 0.15) is 0 Å². The van der Waals surface area contributed by atoms with E-state index >= 15 is 0 Å². The summed E-state index contributed by atoms with van der Waals surface area (Å²) in [5, 5.41) is 3.49. The van der Waals surface area contributed by atoms with Crippen LogP contribution in [-0.4, -0.2) is 45.2 Å². The van der Waals surface area contributed by atoms with Gasteiger partial charge >= 0.3 is 0 Å². The topological polar surface area (TPSA) is 50.8 Å². The number of amides is 1. The average Bonchev–Trinajstić information content (AvgIpc) is 2.68. The van der Waals surface area contributed by atoms with E-state index in [2.05, 4.69) is 5.32 Å². The zero-order valence-electron chi connectivity index (χ0n) is 16.7. The summed E-state index contributed by atoms with van der Waals surface area (Å²) in [6.07, 6.45) is 3.20. The fourth-order valence-corrected chi connectivity index (χ4v) is 3.07. The van der Waals surface area contributed by atoms with Gasteiger partial charge in [-0.1, -0.05) is 41.9 Å². The van der Waals surface area contributed by atoms with Gasteiger partial charge in [0, 0.05) is 12.6 Å². The third-order valence-corrected chi connectivity index (χ3v) is 4.31. The lowest BCUT2D eigenvalue weighted by atomic mass is 10.1. The summed E-state index contributed by atoms with van der Waals surface area (Å²) in [4.78, 5) is 14.5. The highest BCUT2D eigenvalue weighted by Crippen LogP contribution is 2.36. The van der Waals surface area contributed by atoms with E-state index < -0.39 is 0 Å². The van der Waals surface area contributed by atoms with Gasteiger partial charge in [-0.2, -0.15) is 0 Å². The fourth-order valence-electron chi connectivity index (χ4n) is 2.80. The van der Waals surface area contributed by atoms with Crippen LogP contribution in [0.5, 0.6) is 11.5 Å². The number of hydrogen-bond donors (Lipinski definition) is 1. The van der Waals surface area contributed by atoms with Gasteiger partial charge in [0.2, 0.25) is 5.91 Å². The summed E-state index contributed by atoms with van der Waals surface area (Å²) in [6, 6.07) is 13.3. The van der Waals surface area contributed by atoms with Gasteiger partial charge in [-0.05, 0) is 50.4 Å². The number of hydrogen-bond acceptors (Lipinski definition) is 4. The molecule has 0 saturated carbocycles. The van der Waals surface area contributed by atoms with E-state index in [1.54, 1.807) is 25.3 Å². The molecule has 2 aromatic rings. The molecule has 0 aliphatic carbocycles. The number of halogens is 1. The molecule has 0 aromatic heterocycles. The summed E-state index contributed by atoms with van der Waals surface area (Å²) in [5.74, 6) is 0.854. The van der Waals surface area contributed by atoms with E-state index in [-0.39, 0.29) is 11.9 Å². The van der Waals surface area contributed by atoms with Crippen LogP contribution in [0, 0.1) is 0 Å². The van der Waals surface area contributed by atoms with Crippen molar-refractivity contribution in [2.75, 3.05) is 34.4 Å². The molecule has 5 nitrogen and oxygen atoms in total. The standard InChI is InChI=1S/C22H27ClN2O3/c1-5-28-22-18(23)13-16(14-20(22)27-4)11-12-21(26)24-19(15-25(2)3)17-9-7-6-8-10-17/h6-14,19H,5,15H2,1-4H3,(H,24,26)/b12-11+/t19-/m0/s1. The maximum absolute atomic E-state index is 12.5. The molecule has 0 unspecified atom stereocenters. The van der Waals surface area contributed by atoms with Gasteiger partial charge in [-0.15, -0.1) is 0 Å². The molecule has 1 amide bonds. The Morgan fingerprint density at radius 1 is 1.25 bits per heavy atom. The van der Waals surface area contributed by atoms with Crippen molar-refractivity contribution >= 4 is 23.6 Å². The Kier molecular flexibility index (Phi) is 8.36. The molecule has 0 heterocycles. The van der Waals surface area contributed by atoms with Gasteiger partial charge in [-0.25, -0.2) is 0 Å². The molecule has 1 N–H and O–H groups in total. The molecule has 0 aliphatic rings. The second-order valence-electron chi connectivity index (χ2n) is 6.53. The van der Waals surface area contributed by atoms with Crippen LogP contribution in [0.25, 0.3) is 6.08 Å². The second-order valence-corrected chi connectivity index (χ2v) is 6.94. The van der Waals surface area contributed by atoms with E-state index in [0.717, 1.165) is 11.1 Å². The molecule has 2 aromatic carbocycles. The molecule has 6 heteroatoms. The molecule has 0 spiro atoms. The van der Waals surface area contributed by atoms with Crippen LogP contribution in [0.3, 0.4) is 0 Å². The Hall–Kier alpha value is -2.50. The van der Waals surface area contributed by atoms with Gasteiger partial charge in [0.25, 0.3) is 0 Å². The number of rotatable bonds is 9. The maximum atomic E-state index is 12.5. The Labute approximate surface area is 171 Å². The first-order chi connectivity index (χ1) is 13.4. The average molecular weight is 403 g/mol. The molecule has 0 fully saturated rings. The first-order valence-electron chi connectivity index (χ1n) is 9.13. The first kappa shape index (κ1) is 21.8. The van der Waals surface area contributed by atoms with Crippen molar-refractivity contribution in [3.63, 3.8) is 0 Å². The van der Waals surface area contributed by atoms with Crippen LogP contribution >= 0.6 is 11.6 Å². The Bertz CT molecular complexity index is 807. The third kappa shape index (κ3) is 6.29. The number of likely N-dealkylation sites (N-methyl/N-ethyl adjacent to an activating group) is 1. The quantitative estimate of drug-likeness (QED) is 0.639. The largest absolute Gasteiger partial charge is 0.493 e. The molecule has 0 aliphatic heterocycles. The maximum Gasteiger partial charge on any atom is 0.244 e. The number of methoxy groups -OCH3 is 1. The highest BCUT2D eigenvalue weighted by atomic mass is 35.5. The number of carbonyl (C=O) groups is 1. The molecular weight excluding hydrogens is 376 g/mol. The van der Waals surface area contributed by atoms with E-state index in [1.807, 2.05) is 56.3 Å². The first-order valence-corrected chi connectivity index (χ1v) is 9.51. The predicted molar refractivity (Wildman–Crippen MR) is 114 cm³/mol. The van der Waals surface area contributed by atoms with Crippen LogP contribution in [0.2, 0.25) is 5.02 Å². The second kappa shape index (κ2) is 10.7. The predicted octanol–water partition coefficient (Wildman–Crippen LogP) is 4.18.